The van der Waals surface area contributed by atoms with E-state index in [1.54, 1.807) is 6.92 Å². The highest BCUT2D eigenvalue weighted by atomic mass is 19.4. The van der Waals surface area contributed by atoms with E-state index in [1.165, 1.54) is 6.08 Å². The summed E-state index contributed by atoms with van der Waals surface area (Å²) in [5.74, 6) is -0.181. The lowest BCUT2D eigenvalue weighted by atomic mass is 9.87. The second-order valence-corrected chi connectivity index (χ2v) is 5.41. The average Bonchev–Trinajstić information content (AvgIpc) is 2.71. The van der Waals surface area contributed by atoms with Crippen LogP contribution in [0.2, 0.25) is 0 Å². The molecule has 3 atom stereocenters. The van der Waals surface area contributed by atoms with Gasteiger partial charge in [-0.15, -0.1) is 0 Å². The van der Waals surface area contributed by atoms with Crippen molar-refractivity contribution in [2.24, 2.45) is 5.92 Å². The van der Waals surface area contributed by atoms with Crippen LogP contribution < -0.4 is 0 Å². The highest BCUT2D eigenvalue weighted by Gasteiger charge is 2.37. The highest BCUT2D eigenvalue weighted by molar-refractivity contribution is 5.59. The summed E-state index contributed by atoms with van der Waals surface area (Å²) in [4.78, 5) is 12.9. The van der Waals surface area contributed by atoms with Gasteiger partial charge in [0.15, 0.2) is 0 Å². The SMILES string of the molecule is CC1CC(C(F)(F)F)=CC=C1CN1COC(C)C1C=O. The molecule has 1 fully saturated rings. The van der Waals surface area contributed by atoms with Crippen LogP contribution in [0.3, 0.4) is 0 Å². The fourth-order valence-corrected chi connectivity index (χ4v) is 2.60. The van der Waals surface area contributed by atoms with Gasteiger partial charge in [-0.3, -0.25) is 4.90 Å². The first-order chi connectivity index (χ1) is 9.32. The van der Waals surface area contributed by atoms with E-state index >= 15 is 0 Å². The van der Waals surface area contributed by atoms with Gasteiger partial charge in [-0.05, 0) is 19.3 Å². The van der Waals surface area contributed by atoms with Gasteiger partial charge < -0.3 is 9.53 Å². The Morgan fingerprint density at radius 3 is 2.65 bits per heavy atom. The lowest BCUT2D eigenvalue weighted by molar-refractivity contribution is -0.111. The lowest BCUT2D eigenvalue weighted by Crippen LogP contribution is -2.37. The van der Waals surface area contributed by atoms with Gasteiger partial charge in [0.05, 0.1) is 12.1 Å². The zero-order chi connectivity index (χ0) is 14.9. The fraction of sp³-hybridized carbons (Fsp3) is 0.643. The summed E-state index contributed by atoms with van der Waals surface area (Å²) in [5.41, 5.74) is 0.411. The molecule has 2 aliphatic rings. The third-order valence-electron chi connectivity index (χ3n) is 3.95. The maximum Gasteiger partial charge on any atom is 0.412 e. The van der Waals surface area contributed by atoms with Gasteiger partial charge >= 0.3 is 6.18 Å². The Balaban J connectivity index is 2.08. The van der Waals surface area contributed by atoms with E-state index in [0.717, 1.165) is 17.9 Å². The minimum Gasteiger partial charge on any atom is -0.361 e. The number of hydrogen-bond donors (Lipinski definition) is 0. The Hall–Kier alpha value is -1.14. The number of allylic oxidation sites excluding steroid dienone is 3. The molecule has 0 spiro atoms. The number of hydrogen-bond acceptors (Lipinski definition) is 3. The molecule has 112 valence electrons. The van der Waals surface area contributed by atoms with E-state index in [2.05, 4.69) is 0 Å². The predicted octanol–water partition coefficient (Wildman–Crippen LogP) is 2.69. The zero-order valence-electron chi connectivity index (χ0n) is 11.5. The molecule has 1 saturated heterocycles. The number of alkyl halides is 3. The molecule has 2 rings (SSSR count). The van der Waals surface area contributed by atoms with Crippen LogP contribution in [-0.4, -0.2) is 42.8 Å². The summed E-state index contributed by atoms with van der Waals surface area (Å²) >= 11 is 0. The zero-order valence-corrected chi connectivity index (χ0v) is 11.5. The van der Waals surface area contributed by atoms with Crippen LogP contribution in [0.15, 0.2) is 23.3 Å². The van der Waals surface area contributed by atoms with E-state index in [1.807, 2.05) is 11.8 Å². The molecule has 1 aliphatic carbocycles. The normalized spacial score (nSPS) is 31.9. The van der Waals surface area contributed by atoms with Crippen molar-refractivity contribution in [3.63, 3.8) is 0 Å². The van der Waals surface area contributed by atoms with Crippen LogP contribution >= 0.6 is 0 Å². The number of aldehydes is 1. The maximum atomic E-state index is 12.6. The second kappa shape index (κ2) is 5.69. The van der Waals surface area contributed by atoms with Crippen molar-refractivity contribution in [1.82, 2.24) is 4.90 Å². The van der Waals surface area contributed by atoms with E-state index in [0.29, 0.717) is 13.3 Å². The van der Waals surface area contributed by atoms with Crippen molar-refractivity contribution in [3.05, 3.63) is 23.3 Å². The smallest absolute Gasteiger partial charge is 0.361 e. The van der Waals surface area contributed by atoms with E-state index in [-0.39, 0.29) is 24.5 Å². The van der Waals surface area contributed by atoms with Crippen molar-refractivity contribution in [2.45, 2.75) is 38.6 Å². The van der Waals surface area contributed by atoms with E-state index < -0.39 is 11.7 Å². The number of rotatable bonds is 3. The second-order valence-electron chi connectivity index (χ2n) is 5.41. The van der Waals surface area contributed by atoms with Crippen molar-refractivity contribution in [3.8, 4) is 0 Å². The van der Waals surface area contributed by atoms with Gasteiger partial charge in [-0.2, -0.15) is 13.2 Å². The molecule has 20 heavy (non-hydrogen) atoms. The van der Waals surface area contributed by atoms with Crippen molar-refractivity contribution < 1.29 is 22.7 Å². The van der Waals surface area contributed by atoms with Gasteiger partial charge in [0.2, 0.25) is 0 Å². The Morgan fingerprint density at radius 2 is 2.10 bits per heavy atom. The predicted molar refractivity (Wildman–Crippen MR) is 68.0 cm³/mol. The van der Waals surface area contributed by atoms with Crippen molar-refractivity contribution >= 4 is 6.29 Å². The minimum absolute atomic E-state index is 0.00859. The molecule has 0 amide bonds. The molecule has 1 heterocycles. The summed E-state index contributed by atoms with van der Waals surface area (Å²) in [6.07, 6.45) is -0.928. The summed E-state index contributed by atoms with van der Waals surface area (Å²) in [5, 5.41) is 0. The summed E-state index contributed by atoms with van der Waals surface area (Å²) in [7, 11) is 0. The lowest BCUT2D eigenvalue weighted by Gasteiger charge is -2.27. The Kier molecular flexibility index (Phi) is 4.34. The van der Waals surface area contributed by atoms with Gasteiger partial charge in [-0.1, -0.05) is 24.6 Å². The molecule has 3 nitrogen and oxygen atoms in total. The number of carbonyl (C=O) groups excluding carboxylic acids is 1. The Morgan fingerprint density at radius 1 is 1.40 bits per heavy atom. The van der Waals surface area contributed by atoms with Crippen LogP contribution in [0.5, 0.6) is 0 Å². The maximum absolute atomic E-state index is 12.6. The molecule has 6 heteroatoms. The van der Waals surface area contributed by atoms with Crippen LogP contribution in [0, 0.1) is 5.92 Å². The minimum atomic E-state index is -4.26. The molecule has 0 aromatic carbocycles. The molecule has 0 bridgehead atoms. The quantitative estimate of drug-likeness (QED) is 0.748. The summed E-state index contributed by atoms with van der Waals surface area (Å²) in [6.45, 7) is 4.40. The largest absolute Gasteiger partial charge is 0.412 e. The Bertz CT molecular complexity index is 442. The fourth-order valence-electron chi connectivity index (χ4n) is 2.60. The van der Waals surface area contributed by atoms with Gasteiger partial charge in [0.1, 0.15) is 13.0 Å². The number of ether oxygens (including phenoxy) is 1. The number of halogens is 3. The standard InChI is InChI=1S/C14H18F3NO2/c1-9-5-12(14(15,16)17)4-3-11(9)6-18-8-20-10(2)13(18)7-19/h3-4,7,9-10,13H,5-6,8H2,1-2H3. The van der Waals surface area contributed by atoms with Gasteiger partial charge in [0, 0.05) is 12.1 Å². The van der Waals surface area contributed by atoms with Gasteiger partial charge in [-0.25, -0.2) is 0 Å². The van der Waals surface area contributed by atoms with E-state index in [4.69, 9.17) is 4.74 Å². The molecule has 0 aromatic rings. The molecule has 3 unspecified atom stereocenters. The third kappa shape index (κ3) is 3.12. The van der Waals surface area contributed by atoms with Crippen LogP contribution in [0.4, 0.5) is 13.2 Å². The Labute approximate surface area is 116 Å². The topological polar surface area (TPSA) is 29.5 Å². The first kappa shape index (κ1) is 15.3. The highest BCUT2D eigenvalue weighted by Crippen LogP contribution is 2.36. The van der Waals surface area contributed by atoms with Crippen molar-refractivity contribution in [2.75, 3.05) is 13.3 Å². The summed E-state index contributed by atoms with van der Waals surface area (Å²) < 4.78 is 43.3. The number of carbonyl (C=O) groups is 1. The summed E-state index contributed by atoms with van der Waals surface area (Å²) in [6, 6.07) is -0.323. The van der Waals surface area contributed by atoms with Gasteiger partial charge in [0.25, 0.3) is 0 Å². The molecule has 0 radical (unpaired) electrons. The molecular weight excluding hydrogens is 271 g/mol. The van der Waals surface area contributed by atoms with Crippen LogP contribution in [0.25, 0.3) is 0 Å². The molecular formula is C14H18F3NO2. The van der Waals surface area contributed by atoms with Crippen LogP contribution in [0.1, 0.15) is 20.3 Å². The monoisotopic (exact) mass is 289 g/mol. The van der Waals surface area contributed by atoms with Crippen LogP contribution in [-0.2, 0) is 9.53 Å². The third-order valence-corrected chi connectivity index (χ3v) is 3.95. The van der Waals surface area contributed by atoms with Crippen molar-refractivity contribution in [1.29, 1.82) is 0 Å². The molecule has 0 aromatic heterocycles. The first-order valence-corrected chi connectivity index (χ1v) is 6.60. The molecule has 1 aliphatic heterocycles. The van der Waals surface area contributed by atoms with E-state index in [9.17, 15) is 18.0 Å². The molecule has 0 N–H and O–H groups in total. The number of nitrogens with zero attached hydrogens (tertiary/aromatic N) is 1. The molecule has 0 saturated carbocycles. The first-order valence-electron chi connectivity index (χ1n) is 6.60. The average molecular weight is 289 g/mol.